The lowest BCUT2D eigenvalue weighted by Crippen LogP contribution is -2.34. The highest BCUT2D eigenvalue weighted by Gasteiger charge is 2.11. The van der Waals surface area contributed by atoms with Crippen molar-refractivity contribution in [1.82, 2.24) is 5.32 Å². The number of carbonyl (C=O) groups is 1. The van der Waals surface area contributed by atoms with E-state index in [4.69, 9.17) is 21.7 Å². The van der Waals surface area contributed by atoms with Crippen LogP contribution in [0.3, 0.4) is 0 Å². The molecule has 0 aliphatic heterocycles. The third-order valence-corrected chi connectivity index (χ3v) is 4.64. The zero-order valence-electron chi connectivity index (χ0n) is 18.0. The third-order valence-electron chi connectivity index (χ3n) is 4.43. The minimum absolute atomic E-state index is 0.178. The van der Waals surface area contributed by atoms with Crippen LogP contribution in [0.5, 0.6) is 11.5 Å². The molecular weight excluding hydrogens is 420 g/mol. The highest BCUT2D eigenvalue weighted by Crippen LogP contribution is 2.24. The highest BCUT2D eigenvalue weighted by atomic mass is 32.1. The fraction of sp³-hybridized carbons (Fsp3) is 0.154. The molecule has 0 saturated carbocycles. The molecule has 3 aromatic rings. The molecule has 1 amide bonds. The molecule has 6 heteroatoms. The number of ether oxygens (including phenoxy) is 2. The second-order valence-corrected chi connectivity index (χ2v) is 7.67. The van der Waals surface area contributed by atoms with E-state index in [0.29, 0.717) is 36.0 Å². The molecule has 0 aliphatic carbocycles. The molecule has 0 spiro atoms. The molecule has 0 bridgehead atoms. The molecule has 3 aromatic carbocycles. The topological polar surface area (TPSA) is 59.6 Å². The van der Waals surface area contributed by atoms with Crippen molar-refractivity contribution in [2.75, 3.05) is 18.5 Å². The van der Waals surface area contributed by atoms with Crippen LogP contribution in [-0.4, -0.2) is 24.2 Å². The smallest absolute Gasteiger partial charge is 0.257 e. The Hall–Kier alpha value is -3.64. The Bertz CT molecular complexity index is 1080. The van der Waals surface area contributed by atoms with Gasteiger partial charge in [0.15, 0.2) is 5.11 Å². The average molecular weight is 447 g/mol. The second-order valence-electron chi connectivity index (χ2n) is 7.26. The Balaban J connectivity index is 1.55. The molecule has 0 fully saturated rings. The Morgan fingerprint density at radius 2 is 1.72 bits per heavy atom. The van der Waals surface area contributed by atoms with Gasteiger partial charge in [0.25, 0.3) is 5.91 Å². The van der Waals surface area contributed by atoms with E-state index < -0.39 is 0 Å². The van der Waals surface area contributed by atoms with Crippen molar-refractivity contribution in [2.24, 2.45) is 0 Å². The van der Waals surface area contributed by atoms with Crippen molar-refractivity contribution in [3.63, 3.8) is 0 Å². The minimum Gasteiger partial charge on any atom is -0.493 e. The van der Waals surface area contributed by atoms with Crippen molar-refractivity contribution in [3.8, 4) is 11.5 Å². The van der Waals surface area contributed by atoms with E-state index in [0.717, 1.165) is 12.0 Å². The van der Waals surface area contributed by atoms with Crippen molar-refractivity contribution in [1.29, 1.82) is 0 Å². The molecule has 0 aliphatic rings. The van der Waals surface area contributed by atoms with E-state index in [9.17, 15) is 4.79 Å². The molecule has 0 aromatic heterocycles. The summed E-state index contributed by atoms with van der Waals surface area (Å²) < 4.78 is 11.5. The monoisotopic (exact) mass is 446 g/mol. The summed E-state index contributed by atoms with van der Waals surface area (Å²) in [6, 6.07) is 24.5. The number of rotatable bonds is 9. The molecule has 0 atom stereocenters. The van der Waals surface area contributed by atoms with E-state index in [-0.39, 0.29) is 11.0 Å². The first-order valence-corrected chi connectivity index (χ1v) is 10.7. The van der Waals surface area contributed by atoms with E-state index in [2.05, 4.69) is 29.3 Å². The Labute approximate surface area is 194 Å². The predicted octanol–water partition coefficient (Wildman–Crippen LogP) is 5.39. The number of hydrogen-bond donors (Lipinski definition) is 2. The maximum Gasteiger partial charge on any atom is 0.257 e. The Morgan fingerprint density at radius 3 is 2.50 bits per heavy atom. The molecule has 3 rings (SSSR count). The van der Waals surface area contributed by atoms with Crippen LogP contribution in [-0.2, 0) is 6.42 Å². The second kappa shape index (κ2) is 11.7. The van der Waals surface area contributed by atoms with Crippen LogP contribution in [0.4, 0.5) is 5.69 Å². The predicted molar refractivity (Wildman–Crippen MR) is 133 cm³/mol. The van der Waals surface area contributed by atoms with Gasteiger partial charge in [-0.25, -0.2) is 0 Å². The van der Waals surface area contributed by atoms with Gasteiger partial charge in [0.2, 0.25) is 0 Å². The van der Waals surface area contributed by atoms with Crippen LogP contribution in [0, 0.1) is 0 Å². The van der Waals surface area contributed by atoms with Gasteiger partial charge in [0.05, 0.1) is 12.3 Å². The molecule has 164 valence electrons. The quantitative estimate of drug-likeness (QED) is 0.341. The first kappa shape index (κ1) is 23.0. The van der Waals surface area contributed by atoms with Gasteiger partial charge in [-0.1, -0.05) is 55.1 Å². The molecule has 2 N–H and O–H groups in total. The van der Waals surface area contributed by atoms with Crippen LogP contribution in [0.15, 0.2) is 91.0 Å². The summed E-state index contributed by atoms with van der Waals surface area (Å²) in [6.07, 6.45) is 0.790. The third kappa shape index (κ3) is 7.25. The summed E-state index contributed by atoms with van der Waals surface area (Å²) in [5.74, 6) is 0.934. The van der Waals surface area contributed by atoms with Crippen molar-refractivity contribution in [3.05, 3.63) is 102 Å². The first-order chi connectivity index (χ1) is 15.5. The van der Waals surface area contributed by atoms with Crippen LogP contribution < -0.4 is 20.1 Å². The molecule has 5 nitrogen and oxygen atoms in total. The maximum absolute atomic E-state index is 12.7. The summed E-state index contributed by atoms with van der Waals surface area (Å²) >= 11 is 5.32. The lowest BCUT2D eigenvalue weighted by molar-refractivity contribution is 0.0977. The molecular formula is C26H26N2O3S. The van der Waals surface area contributed by atoms with E-state index >= 15 is 0 Å². The van der Waals surface area contributed by atoms with Crippen molar-refractivity contribution < 1.29 is 14.3 Å². The zero-order valence-corrected chi connectivity index (χ0v) is 18.8. The van der Waals surface area contributed by atoms with Crippen LogP contribution >= 0.6 is 12.2 Å². The van der Waals surface area contributed by atoms with Gasteiger partial charge in [-0.15, -0.1) is 0 Å². The number of amides is 1. The number of benzene rings is 3. The summed E-state index contributed by atoms with van der Waals surface area (Å²) in [4.78, 5) is 12.7. The van der Waals surface area contributed by atoms with Gasteiger partial charge in [-0.3, -0.25) is 10.1 Å². The maximum atomic E-state index is 12.7. The van der Waals surface area contributed by atoms with Crippen molar-refractivity contribution >= 4 is 28.9 Å². The molecule has 0 radical (unpaired) electrons. The van der Waals surface area contributed by atoms with Gasteiger partial charge in [0, 0.05) is 12.0 Å². The molecule has 0 unspecified atom stereocenters. The van der Waals surface area contributed by atoms with E-state index in [1.54, 1.807) is 18.2 Å². The van der Waals surface area contributed by atoms with Crippen LogP contribution in [0.25, 0.3) is 0 Å². The minimum atomic E-state index is -0.323. The highest BCUT2D eigenvalue weighted by molar-refractivity contribution is 7.80. The summed E-state index contributed by atoms with van der Waals surface area (Å²) in [6.45, 7) is 6.65. The largest absolute Gasteiger partial charge is 0.493 e. The van der Waals surface area contributed by atoms with Crippen LogP contribution in [0.2, 0.25) is 0 Å². The molecule has 0 saturated heterocycles. The summed E-state index contributed by atoms with van der Waals surface area (Å²) in [5.41, 5.74) is 3.22. The molecule has 32 heavy (non-hydrogen) atoms. The lowest BCUT2D eigenvalue weighted by Gasteiger charge is -2.14. The summed E-state index contributed by atoms with van der Waals surface area (Å²) in [7, 11) is 0. The van der Waals surface area contributed by atoms with Crippen LogP contribution in [0.1, 0.15) is 22.8 Å². The molecule has 0 heterocycles. The van der Waals surface area contributed by atoms with Gasteiger partial charge in [0.1, 0.15) is 18.1 Å². The van der Waals surface area contributed by atoms with Crippen molar-refractivity contribution in [2.45, 2.75) is 13.3 Å². The number of carbonyl (C=O) groups excluding carboxylic acids is 1. The number of nitrogens with one attached hydrogen (secondary N) is 2. The zero-order chi connectivity index (χ0) is 22.8. The fourth-order valence-corrected chi connectivity index (χ4v) is 3.09. The van der Waals surface area contributed by atoms with E-state index in [1.807, 2.05) is 55.5 Å². The first-order valence-electron chi connectivity index (χ1n) is 10.3. The van der Waals surface area contributed by atoms with E-state index in [1.165, 1.54) is 5.56 Å². The Kier molecular flexibility index (Phi) is 8.40. The SMILES string of the molecule is C=C(C)COc1ccccc1NC(=S)NC(=O)c1cccc(OCCc2ccccc2)c1. The van der Waals surface area contributed by atoms with Gasteiger partial charge in [-0.2, -0.15) is 0 Å². The number of hydrogen-bond acceptors (Lipinski definition) is 4. The number of anilines is 1. The Morgan fingerprint density at radius 1 is 0.969 bits per heavy atom. The number of para-hydroxylation sites is 2. The van der Waals surface area contributed by atoms with Gasteiger partial charge < -0.3 is 14.8 Å². The summed E-state index contributed by atoms with van der Waals surface area (Å²) in [5, 5.41) is 5.89. The standard InChI is InChI=1S/C26H26N2O3S/c1-19(2)18-31-24-14-7-6-13-23(24)27-26(32)28-25(29)21-11-8-12-22(17-21)30-16-15-20-9-4-3-5-10-20/h3-14,17H,1,15-16,18H2,2H3,(H2,27,28,29,32). The number of thiocarbonyl (C=S) groups is 1. The van der Waals surface area contributed by atoms with Gasteiger partial charge in [-0.05, 0) is 60.6 Å². The normalized spacial score (nSPS) is 10.2. The lowest BCUT2D eigenvalue weighted by atomic mass is 10.2. The fourth-order valence-electron chi connectivity index (χ4n) is 2.88. The van der Waals surface area contributed by atoms with Gasteiger partial charge >= 0.3 is 0 Å². The average Bonchev–Trinajstić information content (AvgIpc) is 2.79.